The standard InChI is InChI=1S/C23H24N2O6/c1-29-16-6-4-14(5-7-16)15-10-11-24-20(12-15)22(31-3)25(23(27)28)19-9-8-17(30-2)13-18(19)21(24)26/h4-9,12-13,20,22H,10-11H2,1-3H3,(H,27,28). The van der Waals surface area contributed by atoms with E-state index in [9.17, 15) is 14.7 Å². The van der Waals surface area contributed by atoms with Crippen molar-refractivity contribution in [1.29, 1.82) is 0 Å². The first-order valence-electron chi connectivity index (χ1n) is 9.87. The third kappa shape index (κ3) is 3.59. The molecule has 0 saturated heterocycles. The largest absolute Gasteiger partial charge is 0.497 e. The van der Waals surface area contributed by atoms with Crippen molar-refractivity contribution in [2.24, 2.45) is 0 Å². The third-order valence-corrected chi connectivity index (χ3v) is 5.76. The molecule has 2 aromatic rings. The molecule has 0 fully saturated rings. The maximum absolute atomic E-state index is 13.4. The molecule has 4 rings (SSSR count). The number of methoxy groups -OCH3 is 3. The monoisotopic (exact) mass is 424 g/mol. The molecule has 0 spiro atoms. The van der Waals surface area contributed by atoms with E-state index in [1.807, 2.05) is 30.3 Å². The van der Waals surface area contributed by atoms with Crippen molar-refractivity contribution in [2.45, 2.75) is 18.7 Å². The Bertz CT molecular complexity index is 1030. The van der Waals surface area contributed by atoms with Gasteiger partial charge in [-0.1, -0.05) is 18.2 Å². The van der Waals surface area contributed by atoms with Crippen molar-refractivity contribution in [3.8, 4) is 11.5 Å². The van der Waals surface area contributed by atoms with Crippen molar-refractivity contribution in [2.75, 3.05) is 32.8 Å². The van der Waals surface area contributed by atoms with Gasteiger partial charge in [0.15, 0.2) is 6.23 Å². The van der Waals surface area contributed by atoms with Gasteiger partial charge in [-0.25, -0.2) is 9.69 Å². The van der Waals surface area contributed by atoms with Gasteiger partial charge in [0, 0.05) is 13.7 Å². The molecule has 0 radical (unpaired) electrons. The zero-order valence-electron chi connectivity index (χ0n) is 17.6. The van der Waals surface area contributed by atoms with Gasteiger partial charge in [-0.05, 0) is 47.9 Å². The fourth-order valence-corrected chi connectivity index (χ4v) is 4.21. The number of anilines is 1. The Labute approximate surface area is 180 Å². The number of ether oxygens (including phenoxy) is 3. The predicted molar refractivity (Wildman–Crippen MR) is 115 cm³/mol. The van der Waals surface area contributed by atoms with Crippen molar-refractivity contribution < 1.29 is 28.9 Å². The summed E-state index contributed by atoms with van der Waals surface area (Å²) >= 11 is 0. The Morgan fingerprint density at radius 3 is 2.32 bits per heavy atom. The lowest BCUT2D eigenvalue weighted by Gasteiger charge is -2.38. The van der Waals surface area contributed by atoms with Crippen LogP contribution in [0.5, 0.6) is 11.5 Å². The third-order valence-electron chi connectivity index (χ3n) is 5.76. The van der Waals surface area contributed by atoms with Crippen molar-refractivity contribution in [3.63, 3.8) is 0 Å². The van der Waals surface area contributed by atoms with Crippen LogP contribution in [0.25, 0.3) is 5.57 Å². The summed E-state index contributed by atoms with van der Waals surface area (Å²) in [5, 5.41) is 10.0. The Kier molecular flexibility index (Phi) is 5.56. The normalized spacial score (nSPS) is 20.4. The molecule has 8 nitrogen and oxygen atoms in total. The highest BCUT2D eigenvalue weighted by Crippen LogP contribution is 2.37. The van der Waals surface area contributed by atoms with Gasteiger partial charge >= 0.3 is 6.09 Å². The van der Waals surface area contributed by atoms with Crippen LogP contribution in [0.1, 0.15) is 22.3 Å². The van der Waals surface area contributed by atoms with Crippen LogP contribution in [-0.2, 0) is 4.74 Å². The van der Waals surface area contributed by atoms with Crippen LogP contribution in [0, 0.1) is 0 Å². The van der Waals surface area contributed by atoms with Crippen molar-refractivity contribution >= 4 is 23.3 Å². The summed E-state index contributed by atoms with van der Waals surface area (Å²) in [5.74, 6) is 0.980. The Morgan fingerprint density at radius 2 is 1.71 bits per heavy atom. The molecule has 0 bridgehead atoms. The molecule has 2 aliphatic heterocycles. The highest BCUT2D eigenvalue weighted by molar-refractivity contribution is 6.05. The fourth-order valence-electron chi connectivity index (χ4n) is 4.21. The summed E-state index contributed by atoms with van der Waals surface area (Å²) in [6.07, 6.45) is 0.468. The van der Waals surface area contributed by atoms with Gasteiger partial charge in [-0.3, -0.25) is 4.79 Å². The van der Waals surface area contributed by atoms with E-state index in [0.717, 1.165) is 21.8 Å². The van der Waals surface area contributed by atoms with E-state index in [4.69, 9.17) is 14.2 Å². The molecule has 0 aliphatic carbocycles. The first-order valence-corrected chi connectivity index (χ1v) is 9.87. The Balaban J connectivity index is 1.82. The molecule has 162 valence electrons. The molecule has 2 atom stereocenters. The molecule has 0 aromatic heterocycles. The summed E-state index contributed by atoms with van der Waals surface area (Å²) in [7, 11) is 4.57. The summed E-state index contributed by atoms with van der Waals surface area (Å²) in [6, 6.07) is 11.9. The first kappa shape index (κ1) is 20.7. The van der Waals surface area contributed by atoms with Gasteiger partial charge < -0.3 is 24.2 Å². The summed E-state index contributed by atoms with van der Waals surface area (Å²) in [5.41, 5.74) is 2.56. The molecular weight excluding hydrogens is 400 g/mol. The molecule has 2 unspecified atom stereocenters. The van der Waals surface area contributed by atoms with Crippen LogP contribution in [0.15, 0.2) is 48.5 Å². The first-order chi connectivity index (χ1) is 15.0. The van der Waals surface area contributed by atoms with Gasteiger partial charge in [-0.15, -0.1) is 0 Å². The molecule has 2 heterocycles. The van der Waals surface area contributed by atoms with E-state index in [-0.39, 0.29) is 17.2 Å². The van der Waals surface area contributed by atoms with Crippen LogP contribution in [0.3, 0.4) is 0 Å². The second-order valence-electron chi connectivity index (χ2n) is 7.32. The highest BCUT2D eigenvalue weighted by Gasteiger charge is 2.44. The van der Waals surface area contributed by atoms with E-state index in [2.05, 4.69) is 0 Å². The maximum atomic E-state index is 13.4. The zero-order chi connectivity index (χ0) is 22.1. The van der Waals surface area contributed by atoms with Gasteiger partial charge in [0.1, 0.15) is 11.5 Å². The van der Waals surface area contributed by atoms with E-state index >= 15 is 0 Å². The Morgan fingerprint density at radius 1 is 1.03 bits per heavy atom. The van der Waals surface area contributed by atoms with Crippen molar-refractivity contribution in [3.05, 3.63) is 59.7 Å². The fraction of sp³-hybridized carbons (Fsp3) is 0.304. The number of benzene rings is 2. The average Bonchev–Trinajstić information content (AvgIpc) is 2.91. The average molecular weight is 424 g/mol. The molecule has 2 aromatic carbocycles. The van der Waals surface area contributed by atoms with Crippen LogP contribution in [0.4, 0.5) is 10.5 Å². The smallest absolute Gasteiger partial charge is 0.414 e. The SMILES string of the molecule is COc1ccc(C2=CC3C(OC)N(C(=O)O)c4ccc(OC)cc4C(=O)N3CC2)cc1. The van der Waals surface area contributed by atoms with Crippen LogP contribution in [-0.4, -0.2) is 62.2 Å². The maximum Gasteiger partial charge on any atom is 0.414 e. The summed E-state index contributed by atoms with van der Waals surface area (Å²) in [6.45, 7) is 0.436. The number of nitrogens with zero attached hydrogens (tertiary/aromatic N) is 2. The molecule has 8 heteroatoms. The lowest BCUT2D eigenvalue weighted by atomic mass is 9.94. The number of amides is 2. The second kappa shape index (κ2) is 8.31. The van der Waals surface area contributed by atoms with Crippen LogP contribution >= 0.6 is 0 Å². The quantitative estimate of drug-likeness (QED) is 0.809. The van der Waals surface area contributed by atoms with Gasteiger partial charge in [0.25, 0.3) is 5.91 Å². The minimum Gasteiger partial charge on any atom is -0.497 e. The molecule has 2 aliphatic rings. The van der Waals surface area contributed by atoms with Crippen molar-refractivity contribution in [1.82, 2.24) is 4.90 Å². The minimum atomic E-state index is -1.20. The number of fused-ring (bicyclic) bond motifs is 2. The molecule has 31 heavy (non-hydrogen) atoms. The summed E-state index contributed by atoms with van der Waals surface area (Å²) in [4.78, 5) is 28.5. The van der Waals surface area contributed by atoms with Gasteiger partial charge in [-0.2, -0.15) is 0 Å². The second-order valence-corrected chi connectivity index (χ2v) is 7.32. The van der Waals surface area contributed by atoms with E-state index < -0.39 is 18.4 Å². The molecule has 2 amide bonds. The predicted octanol–water partition coefficient (Wildman–Crippen LogP) is 3.47. The van der Waals surface area contributed by atoms with E-state index in [1.165, 1.54) is 14.2 Å². The van der Waals surface area contributed by atoms with Gasteiger partial charge in [0.05, 0.1) is 31.5 Å². The number of carbonyl (C=O) groups is 2. The van der Waals surface area contributed by atoms with E-state index in [1.54, 1.807) is 30.2 Å². The topological polar surface area (TPSA) is 88.5 Å². The Hall–Kier alpha value is -3.52. The number of carboxylic acid groups (broad SMARTS) is 1. The lowest BCUT2D eigenvalue weighted by molar-refractivity contribution is 0.0292. The van der Waals surface area contributed by atoms with Gasteiger partial charge in [0.2, 0.25) is 0 Å². The zero-order valence-corrected chi connectivity index (χ0v) is 17.6. The number of rotatable bonds is 4. The van der Waals surface area contributed by atoms with Crippen LogP contribution < -0.4 is 14.4 Å². The minimum absolute atomic E-state index is 0.255. The molecule has 1 N–H and O–H groups in total. The molecular formula is C23H24N2O6. The van der Waals surface area contributed by atoms with E-state index in [0.29, 0.717) is 18.7 Å². The lowest BCUT2D eigenvalue weighted by Crippen LogP contribution is -2.54. The number of carbonyl (C=O) groups excluding carboxylic acids is 1. The van der Waals surface area contributed by atoms with Crippen LogP contribution in [0.2, 0.25) is 0 Å². The number of hydrogen-bond donors (Lipinski definition) is 1. The molecule has 0 saturated carbocycles. The highest BCUT2D eigenvalue weighted by atomic mass is 16.5. The number of hydrogen-bond acceptors (Lipinski definition) is 5. The summed E-state index contributed by atoms with van der Waals surface area (Å²) < 4.78 is 16.1.